The second kappa shape index (κ2) is 6.89. The Balaban J connectivity index is 2.05. The molecule has 6 nitrogen and oxygen atoms in total. The van der Waals surface area contributed by atoms with Gasteiger partial charge in [0.15, 0.2) is 0 Å². The molecule has 0 aromatic heterocycles. The van der Waals surface area contributed by atoms with Gasteiger partial charge in [0.25, 0.3) is 5.91 Å². The number of amides is 2. The van der Waals surface area contributed by atoms with Gasteiger partial charge in [-0.3, -0.25) is 4.79 Å². The predicted molar refractivity (Wildman–Crippen MR) is 94.2 cm³/mol. The molecule has 1 atom stereocenters. The highest BCUT2D eigenvalue weighted by molar-refractivity contribution is 6.34. The molecule has 0 saturated carbocycles. The monoisotopic (exact) mass is 353 g/mol. The van der Waals surface area contributed by atoms with Gasteiger partial charge in [-0.2, -0.15) is 0 Å². The summed E-state index contributed by atoms with van der Waals surface area (Å²) in [5.74, 6) is -0.156. The summed E-state index contributed by atoms with van der Waals surface area (Å²) in [5.41, 5.74) is 6.06. The first-order chi connectivity index (χ1) is 11.1. The maximum absolute atomic E-state index is 12.7. The molecular formula is C17H24ClN3O3. The second-order valence-corrected chi connectivity index (χ2v) is 7.42. The van der Waals surface area contributed by atoms with Crippen molar-refractivity contribution in [3.63, 3.8) is 0 Å². The van der Waals surface area contributed by atoms with Gasteiger partial charge >= 0.3 is 6.09 Å². The summed E-state index contributed by atoms with van der Waals surface area (Å²) in [6.07, 6.45) is -0.355. The zero-order valence-corrected chi connectivity index (χ0v) is 15.3. The molecule has 1 saturated heterocycles. The number of carbonyl (C=O) groups is 2. The van der Waals surface area contributed by atoms with E-state index in [4.69, 9.17) is 22.1 Å². The number of nitrogens with zero attached hydrogens (tertiary/aromatic N) is 2. The van der Waals surface area contributed by atoms with E-state index in [1.807, 2.05) is 27.7 Å². The minimum absolute atomic E-state index is 0.132. The Morgan fingerprint density at radius 1 is 1.29 bits per heavy atom. The van der Waals surface area contributed by atoms with Gasteiger partial charge in [-0.25, -0.2) is 4.79 Å². The Labute approximate surface area is 147 Å². The minimum Gasteiger partial charge on any atom is -0.444 e. The van der Waals surface area contributed by atoms with Crippen LogP contribution in [0.5, 0.6) is 0 Å². The van der Waals surface area contributed by atoms with Crippen molar-refractivity contribution < 1.29 is 14.3 Å². The molecule has 1 aromatic rings. The molecule has 0 bridgehead atoms. The lowest BCUT2D eigenvalue weighted by molar-refractivity contribution is 0.00617. The number of hydrogen-bond acceptors (Lipinski definition) is 4. The van der Waals surface area contributed by atoms with E-state index in [1.54, 1.807) is 28.0 Å². The zero-order chi connectivity index (χ0) is 18.1. The van der Waals surface area contributed by atoms with E-state index in [0.29, 0.717) is 35.9 Å². The smallest absolute Gasteiger partial charge is 0.410 e. The van der Waals surface area contributed by atoms with Crippen molar-refractivity contribution in [3.8, 4) is 0 Å². The number of carbonyl (C=O) groups excluding carboxylic acids is 2. The molecule has 132 valence electrons. The maximum Gasteiger partial charge on any atom is 0.410 e. The summed E-state index contributed by atoms with van der Waals surface area (Å²) in [6.45, 7) is 8.68. The van der Waals surface area contributed by atoms with Crippen LogP contribution in [0.15, 0.2) is 18.2 Å². The summed E-state index contributed by atoms with van der Waals surface area (Å²) in [5, 5.41) is 0.335. The molecule has 0 radical (unpaired) electrons. The molecule has 2 N–H and O–H groups in total. The lowest BCUT2D eigenvalue weighted by atomic mass is 10.1. The number of piperazine rings is 1. The van der Waals surface area contributed by atoms with Crippen LogP contribution >= 0.6 is 11.6 Å². The van der Waals surface area contributed by atoms with Crippen LogP contribution in [0.25, 0.3) is 0 Å². The Bertz CT molecular complexity index is 642. The standard InChI is InChI=1S/C17H24ClN3O3/c1-11-10-20(16(23)24-17(2,3)4)7-8-21(11)15(22)13-6-5-12(19)9-14(13)18/h5-6,9,11H,7-8,10,19H2,1-4H3/t11-/m1/s1. The van der Waals surface area contributed by atoms with Crippen LogP contribution in [0.1, 0.15) is 38.1 Å². The number of nitrogen functional groups attached to an aromatic ring is 1. The fourth-order valence-corrected chi connectivity index (χ4v) is 2.88. The summed E-state index contributed by atoms with van der Waals surface area (Å²) in [4.78, 5) is 28.2. The first-order valence-electron chi connectivity index (χ1n) is 7.92. The lowest BCUT2D eigenvalue weighted by Gasteiger charge is -2.40. The van der Waals surface area contributed by atoms with Crippen LogP contribution < -0.4 is 5.73 Å². The van der Waals surface area contributed by atoms with Crippen molar-refractivity contribution in [2.24, 2.45) is 0 Å². The van der Waals surface area contributed by atoms with Crippen LogP contribution in [0.2, 0.25) is 5.02 Å². The third-order valence-electron chi connectivity index (χ3n) is 3.76. The molecule has 0 aliphatic carbocycles. The van der Waals surface area contributed by atoms with Crippen LogP contribution in [-0.2, 0) is 4.74 Å². The van der Waals surface area contributed by atoms with Crippen molar-refractivity contribution in [1.82, 2.24) is 9.80 Å². The molecule has 1 aliphatic heterocycles. The Kier molecular flexibility index (Phi) is 5.28. The third kappa shape index (κ3) is 4.32. The van der Waals surface area contributed by atoms with Gasteiger partial charge in [-0.05, 0) is 45.9 Å². The van der Waals surface area contributed by atoms with E-state index in [9.17, 15) is 9.59 Å². The highest BCUT2D eigenvalue weighted by Gasteiger charge is 2.32. The van der Waals surface area contributed by atoms with Gasteiger partial charge in [0.05, 0.1) is 10.6 Å². The highest BCUT2D eigenvalue weighted by Crippen LogP contribution is 2.23. The van der Waals surface area contributed by atoms with Crippen LogP contribution in [0, 0.1) is 0 Å². The summed E-state index contributed by atoms with van der Waals surface area (Å²) in [7, 11) is 0. The van der Waals surface area contributed by atoms with Crippen LogP contribution in [0.3, 0.4) is 0 Å². The van der Waals surface area contributed by atoms with Gasteiger partial charge in [0.2, 0.25) is 0 Å². The minimum atomic E-state index is -0.537. The van der Waals surface area contributed by atoms with Gasteiger partial charge in [0, 0.05) is 31.4 Å². The quantitative estimate of drug-likeness (QED) is 0.787. The number of rotatable bonds is 1. The number of ether oxygens (including phenoxy) is 1. The van der Waals surface area contributed by atoms with E-state index >= 15 is 0 Å². The SMILES string of the molecule is C[C@@H]1CN(C(=O)OC(C)(C)C)CCN1C(=O)c1ccc(N)cc1Cl. The van der Waals surface area contributed by atoms with Crippen molar-refractivity contribution >= 4 is 29.3 Å². The zero-order valence-electron chi connectivity index (χ0n) is 14.5. The molecule has 0 spiro atoms. The van der Waals surface area contributed by atoms with E-state index in [-0.39, 0.29) is 18.0 Å². The predicted octanol–water partition coefficient (Wildman–Crippen LogP) is 3.00. The first kappa shape index (κ1) is 18.4. The Morgan fingerprint density at radius 2 is 1.96 bits per heavy atom. The van der Waals surface area contributed by atoms with Gasteiger partial charge < -0.3 is 20.3 Å². The van der Waals surface area contributed by atoms with E-state index < -0.39 is 5.60 Å². The molecule has 0 unspecified atom stereocenters. The summed E-state index contributed by atoms with van der Waals surface area (Å²) >= 11 is 6.13. The molecule has 24 heavy (non-hydrogen) atoms. The average Bonchev–Trinajstić information content (AvgIpc) is 2.44. The molecular weight excluding hydrogens is 330 g/mol. The third-order valence-corrected chi connectivity index (χ3v) is 4.08. The number of benzene rings is 1. The van der Waals surface area contributed by atoms with Crippen LogP contribution in [-0.4, -0.2) is 53.1 Å². The molecule has 1 heterocycles. The molecule has 1 fully saturated rings. The Hall–Kier alpha value is -1.95. The van der Waals surface area contributed by atoms with Crippen molar-refractivity contribution in [2.75, 3.05) is 25.4 Å². The van der Waals surface area contributed by atoms with Gasteiger partial charge in [0.1, 0.15) is 5.60 Å². The van der Waals surface area contributed by atoms with Crippen molar-refractivity contribution in [3.05, 3.63) is 28.8 Å². The largest absolute Gasteiger partial charge is 0.444 e. The number of anilines is 1. The Morgan fingerprint density at radius 3 is 2.50 bits per heavy atom. The van der Waals surface area contributed by atoms with Gasteiger partial charge in [-0.1, -0.05) is 11.6 Å². The number of nitrogens with two attached hydrogens (primary N) is 1. The topological polar surface area (TPSA) is 75.9 Å². The highest BCUT2D eigenvalue weighted by atomic mass is 35.5. The van der Waals surface area contributed by atoms with Gasteiger partial charge in [-0.15, -0.1) is 0 Å². The summed E-state index contributed by atoms with van der Waals surface area (Å²) in [6, 6.07) is 4.72. The number of hydrogen-bond donors (Lipinski definition) is 1. The van der Waals surface area contributed by atoms with E-state index in [1.165, 1.54) is 0 Å². The van der Waals surface area contributed by atoms with E-state index in [0.717, 1.165) is 0 Å². The summed E-state index contributed by atoms with van der Waals surface area (Å²) < 4.78 is 5.39. The molecule has 2 rings (SSSR count). The maximum atomic E-state index is 12.7. The number of halogens is 1. The van der Waals surface area contributed by atoms with Crippen molar-refractivity contribution in [2.45, 2.75) is 39.3 Å². The molecule has 2 amide bonds. The second-order valence-electron chi connectivity index (χ2n) is 7.01. The average molecular weight is 354 g/mol. The fraction of sp³-hybridized carbons (Fsp3) is 0.529. The molecule has 1 aromatic carbocycles. The fourth-order valence-electron chi connectivity index (χ4n) is 2.61. The van der Waals surface area contributed by atoms with E-state index in [2.05, 4.69) is 0 Å². The van der Waals surface area contributed by atoms with Crippen LogP contribution in [0.4, 0.5) is 10.5 Å². The molecule has 1 aliphatic rings. The molecule has 7 heteroatoms. The first-order valence-corrected chi connectivity index (χ1v) is 8.30. The normalized spacial score (nSPS) is 18.5. The van der Waals surface area contributed by atoms with Crippen molar-refractivity contribution in [1.29, 1.82) is 0 Å². The lowest BCUT2D eigenvalue weighted by Crippen LogP contribution is -2.56.